The highest BCUT2D eigenvalue weighted by Gasteiger charge is 2.10. The van der Waals surface area contributed by atoms with E-state index >= 15 is 0 Å². The van der Waals surface area contributed by atoms with Gasteiger partial charge in [-0.15, -0.1) is 0 Å². The molecule has 2 rings (SSSR count). The first-order chi connectivity index (χ1) is 12.3. The minimum atomic E-state index is -0.597. The van der Waals surface area contributed by atoms with Gasteiger partial charge in [-0.25, -0.2) is 4.79 Å². The molecular weight excluding hydrogens is 398 g/mol. The van der Waals surface area contributed by atoms with E-state index in [0.29, 0.717) is 17.4 Å². The van der Waals surface area contributed by atoms with Crippen LogP contribution in [0.25, 0.3) is 0 Å². The molecular formula is C20H22BrNO4. The third-order valence-electron chi connectivity index (χ3n) is 3.73. The van der Waals surface area contributed by atoms with Crippen LogP contribution in [-0.4, -0.2) is 25.1 Å². The lowest BCUT2D eigenvalue weighted by Gasteiger charge is -2.10. The van der Waals surface area contributed by atoms with Crippen LogP contribution in [0, 0.1) is 6.92 Å². The summed E-state index contributed by atoms with van der Waals surface area (Å²) in [5.41, 5.74) is 2.78. The van der Waals surface area contributed by atoms with Gasteiger partial charge in [-0.05, 0) is 54.3 Å². The second-order valence-electron chi connectivity index (χ2n) is 6.18. The fraction of sp³-hybridized carbons (Fsp3) is 0.300. The number of hydrogen-bond acceptors (Lipinski definition) is 4. The molecule has 5 nitrogen and oxygen atoms in total. The molecule has 0 fully saturated rings. The molecule has 6 heteroatoms. The van der Waals surface area contributed by atoms with Gasteiger partial charge in [0.05, 0.1) is 0 Å². The summed E-state index contributed by atoms with van der Waals surface area (Å²) in [4.78, 5) is 23.6. The van der Waals surface area contributed by atoms with Crippen molar-refractivity contribution in [2.75, 3.05) is 18.5 Å². The Morgan fingerprint density at radius 1 is 1.08 bits per heavy atom. The number of carbonyl (C=O) groups excluding carboxylic acids is 2. The van der Waals surface area contributed by atoms with Crippen LogP contribution in [0.15, 0.2) is 46.9 Å². The molecule has 0 spiro atoms. The highest BCUT2D eigenvalue weighted by atomic mass is 79.9. The van der Waals surface area contributed by atoms with E-state index in [2.05, 4.69) is 35.1 Å². The van der Waals surface area contributed by atoms with Gasteiger partial charge >= 0.3 is 5.97 Å². The molecule has 0 aromatic heterocycles. The molecule has 0 atom stereocenters. The van der Waals surface area contributed by atoms with Gasteiger partial charge in [0.1, 0.15) is 5.75 Å². The van der Waals surface area contributed by atoms with Gasteiger partial charge < -0.3 is 14.8 Å². The zero-order valence-corrected chi connectivity index (χ0v) is 16.6. The van der Waals surface area contributed by atoms with Crippen LogP contribution in [0.5, 0.6) is 5.75 Å². The van der Waals surface area contributed by atoms with E-state index in [1.54, 1.807) is 6.07 Å². The molecule has 0 saturated carbocycles. The molecule has 1 amide bonds. The van der Waals surface area contributed by atoms with Gasteiger partial charge in [0.2, 0.25) is 0 Å². The van der Waals surface area contributed by atoms with Crippen molar-refractivity contribution in [1.29, 1.82) is 0 Å². The summed E-state index contributed by atoms with van der Waals surface area (Å²) in [5.74, 6) is 0.0221. The molecule has 0 aliphatic carbocycles. The first-order valence-electron chi connectivity index (χ1n) is 8.29. The number of carbonyl (C=O) groups is 2. The summed E-state index contributed by atoms with van der Waals surface area (Å²) in [6, 6.07) is 13.0. The minimum Gasteiger partial charge on any atom is -0.482 e. The summed E-state index contributed by atoms with van der Waals surface area (Å²) in [5, 5.41) is 2.71. The van der Waals surface area contributed by atoms with Crippen LogP contribution in [0.4, 0.5) is 5.69 Å². The summed E-state index contributed by atoms with van der Waals surface area (Å²) in [6.07, 6.45) is 0. The molecule has 138 valence electrons. The van der Waals surface area contributed by atoms with Crippen LogP contribution in [0.3, 0.4) is 0 Å². The Morgan fingerprint density at radius 2 is 1.77 bits per heavy atom. The maximum atomic E-state index is 11.9. The van der Waals surface area contributed by atoms with Crippen LogP contribution in [0.1, 0.15) is 30.9 Å². The predicted molar refractivity (Wildman–Crippen MR) is 104 cm³/mol. The Bertz CT molecular complexity index is 772. The van der Waals surface area contributed by atoms with Gasteiger partial charge in [0.25, 0.3) is 5.91 Å². The molecule has 0 unspecified atom stereocenters. The third-order valence-corrected chi connectivity index (χ3v) is 4.22. The molecule has 0 aliphatic rings. The van der Waals surface area contributed by atoms with Gasteiger partial charge in [0, 0.05) is 10.2 Å². The summed E-state index contributed by atoms with van der Waals surface area (Å²) in [7, 11) is 0. The second-order valence-corrected chi connectivity index (χ2v) is 7.10. The highest BCUT2D eigenvalue weighted by molar-refractivity contribution is 9.10. The van der Waals surface area contributed by atoms with Crippen molar-refractivity contribution in [2.45, 2.75) is 26.7 Å². The van der Waals surface area contributed by atoms with Crippen molar-refractivity contribution in [3.8, 4) is 5.75 Å². The molecule has 2 aromatic rings. The number of benzene rings is 2. The Hall–Kier alpha value is -2.34. The smallest absolute Gasteiger partial charge is 0.344 e. The Morgan fingerprint density at radius 3 is 2.38 bits per heavy atom. The lowest BCUT2D eigenvalue weighted by atomic mass is 10.0. The molecule has 0 saturated heterocycles. The lowest BCUT2D eigenvalue weighted by Crippen LogP contribution is -2.24. The molecule has 1 N–H and O–H groups in total. The van der Waals surface area contributed by atoms with Crippen molar-refractivity contribution < 1.29 is 19.1 Å². The lowest BCUT2D eigenvalue weighted by molar-refractivity contribution is -0.149. The van der Waals surface area contributed by atoms with E-state index in [1.165, 1.54) is 5.56 Å². The van der Waals surface area contributed by atoms with E-state index in [9.17, 15) is 9.59 Å². The largest absolute Gasteiger partial charge is 0.482 e. The van der Waals surface area contributed by atoms with E-state index in [0.717, 1.165) is 10.0 Å². The fourth-order valence-corrected chi connectivity index (χ4v) is 2.71. The van der Waals surface area contributed by atoms with Crippen molar-refractivity contribution in [1.82, 2.24) is 0 Å². The average molecular weight is 420 g/mol. The Balaban J connectivity index is 1.74. The number of nitrogens with one attached hydrogen (secondary N) is 1. The van der Waals surface area contributed by atoms with Crippen LogP contribution in [-0.2, 0) is 14.3 Å². The van der Waals surface area contributed by atoms with Crippen LogP contribution >= 0.6 is 15.9 Å². The zero-order chi connectivity index (χ0) is 19.1. The number of hydrogen-bond donors (Lipinski definition) is 1. The van der Waals surface area contributed by atoms with Crippen LogP contribution < -0.4 is 10.1 Å². The molecule has 0 heterocycles. The van der Waals surface area contributed by atoms with Crippen molar-refractivity contribution in [3.63, 3.8) is 0 Å². The van der Waals surface area contributed by atoms with Crippen molar-refractivity contribution >= 4 is 33.5 Å². The molecule has 2 aromatic carbocycles. The van der Waals surface area contributed by atoms with Gasteiger partial charge in [-0.1, -0.05) is 41.9 Å². The predicted octanol–water partition coefficient (Wildman–Crippen LogP) is 4.44. The van der Waals surface area contributed by atoms with Crippen LogP contribution in [0.2, 0.25) is 0 Å². The monoisotopic (exact) mass is 419 g/mol. The minimum absolute atomic E-state index is 0.244. The SMILES string of the molecule is Cc1cc(Br)ccc1NC(=O)COC(=O)COc1ccc(C(C)C)cc1. The van der Waals surface area contributed by atoms with Gasteiger partial charge in [-0.2, -0.15) is 0 Å². The second kappa shape index (κ2) is 9.38. The zero-order valence-electron chi connectivity index (χ0n) is 15.0. The number of amides is 1. The fourth-order valence-electron chi connectivity index (χ4n) is 2.23. The summed E-state index contributed by atoms with van der Waals surface area (Å²) in [6.45, 7) is 5.49. The summed E-state index contributed by atoms with van der Waals surface area (Å²) >= 11 is 3.36. The number of anilines is 1. The standard InChI is InChI=1S/C20H22BrNO4/c1-13(2)15-4-7-17(8-5-15)25-12-20(24)26-11-19(23)22-18-9-6-16(21)10-14(18)3/h4-10,13H,11-12H2,1-3H3,(H,22,23). The summed E-state index contributed by atoms with van der Waals surface area (Å²) < 4.78 is 11.2. The Kier molecular flexibility index (Phi) is 7.21. The first-order valence-corrected chi connectivity index (χ1v) is 9.09. The maximum absolute atomic E-state index is 11.9. The average Bonchev–Trinajstić information content (AvgIpc) is 2.61. The quantitative estimate of drug-likeness (QED) is 0.673. The molecule has 0 radical (unpaired) electrons. The highest BCUT2D eigenvalue weighted by Crippen LogP contribution is 2.20. The number of ether oxygens (including phenoxy) is 2. The number of esters is 1. The van der Waals surface area contributed by atoms with E-state index in [1.807, 2.05) is 43.3 Å². The Labute approximate surface area is 161 Å². The van der Waals surface area contributed by atoms with E-state index in [-0.39, 0.29) is 13.2 Å². The number of halogens is 1. The number of aryl methyl sites for hydroxylation is 1. The topological polar surface area (TPSA) is 64.6 Å². The number of rotatable bonds is 7. The normalized spacial score (nSPS) is 10.5. The van der Waals surface area contributed by atoms with E-state index < -0.39 is 11.9 Å². The van der Waals surface area contributed by atoms with Crippen molar-refractivity contribution in [2.24, 2.45) is 0 Å². The van der Waals surface area contributed by atoms with E-state index in [4.69, 9.17) is 9.47 Å². The molecule has 26 heavy (non-hydrogen) atoms. The van der Waals surface area contributed by atoms with Gasteiger partial charge in [-0.3, -0.25) is 4.79 Å². The third kappa shape index (κ3) is 6.19. The van der Waals surface area contributed by atoms with Crippen molar-refractivity contribution in [3.05, 3.63) is 58.1 Å². The molecule has 0 aliphatic heterocycles. The molecule has 0 bridgehead atoms. The van der Waals surface area contributed by atoms with Gasteiger partial charge in [0.15, 0.2) is 13.2 Å². The maximum Gasteiger partial charge on any atom is 0.344 e. The first kappa shape index (κ1) is 20.0.